The van der Waals surface area contributed by atoms with E-state index in [4.69, 9.17) is 0 Å². The number of benzene rings is 1. The highest BCUT2D eigenvalue weighted by Crippen LogP contribution is 2.29. The lowest BCUT2D eigenvalue weighted by Gasteiger charge is -2.01. The first-order valence-corrected chi connectivity index (χ1v) is 10.5. The molecule has 0 saturated heterocycles. The molecule has 0 atom stereocenters. The van der Waals surface area contributed by atoms with Gasteiger partial charge in [-0.1, -0.05) is 29.2 Å². The maximum Gasteiger partial charge on any atom is 0.236 e. The first-order chi connectivity index (χ1) is 11.7. The van der Waals surface area contributed by atoms with Gasteiger partial charge in [-0.15, -0.1) is 33.3 Å². The number of anilines is 1. The number of carbonyl (C=O) groups excluding carboxylic acids is 1. The molecule has 124 valence electrons. The van der Waals surface area contributed by atoms with Crippen molar-refractivity contribution >= 4 is 57.2 Å². The van der Waals surface area contributed by atoms with E-state index >= 15 is 0 Å². The summed E-state index contributed by atoms with van der Waals surface area (Å²) < 4.78 is 13.6. The Labute approximate surface area is 154 Å². The van der Waals surface area contributed by atoms with Gasteiger partial charge in [-0.2, -0.15) is 0 Å². The van der Waals surface area contributed by atoms with Crippen LogP contribution >= 0.6 is 46.2 Å². The van der Waals surface area contributed by atoms with Crippen molar-refractivity contribution in [2.45, 2.75) is 15.0 Å². The topological polar surface area (TPSA) is 54.9 Å². The van der Waals surface area contributed by atoms with Crippen LogP contribution in [0, 0.1) is 5.82 Å². The fourth-order valence-corrected chi connectivity index (χ4v) is 4.92. The average molecular weight is 398 g/mol. The SMILES string of the molecule is O=C(CSc1ccc(F)cc1)Nc1nnc(SCc2cccs2)s1. The summed E-state index contributed by atoms with van der Waals surface area (Å²) in [6.07, 6.45) is 0. The first-order valence-electron chi connectivity index (χ1n) is 6.86. The Morgan fingerprint density at radius 1 is 1.17 bits per heavy atom. The molecule has 3 rings (SSSR count). The van der Waals surface area contributed by atoms with Crippen LogP contribution in [0.2, 0.25) is 0 Å². The van der Waals surface area contributed by atoms with Crippen LogP contribution in [0.1, 0.15) is 4.88 Å². The molecule has 0 aliphatic carbocycles. The maximum atomic E-state index is 12.8. The number of nitrogens with zero attached hydrogens (tertiary/aromatic N) is 2. The van der Waals surface area contributed by atoms with Gasteiger partial charge < -0.3 is 0 Å². The smallest absolute Gasteiger partial charge is 0.236 e. The number of thiophene rings is 1. The maximum absolute atomic E-state index is 12.8. The third-order valence-corrected chi connectivity index (χ3v) is 6.85. The summed E-state index contributed by atoms with van der Waals surface area (Å²) in [7, 11) is 0. The number of amides is 1. The fourth-order valence-electron chi connectivity index (χ4n) is 1.68. The van der Waals surface area contributed by atoms with Crippen molar-refractivity contribution in [3.05, 3.63) is 52.5 Å². The highest BCUT2D eigenvalue weighted by atomic mass is 32.2. The molecule has 1 N–H and O–H groups in total. The molecule has 0 aliphatic heterocycles. The van der Waals surface area contributed by atoms with E-state index in [1.54, 1.807) is 35.2 Å². The van der Waals surface area contributed by atoms with E-state index in [9.17, 15) is 9.18 Å². The molecule has 0 aliphatic rings. The van der Waals surface area contributed by atoms with Crippen LogP contribution in [-0.2, 0) is 10.5 Å². The Morgan fingerprint density at radius 3 is 2.75 bits per heavy atom. The predicted molar refractivity (Wildman–Crippen MR) is 99.5 cm³/mol. The molecule has 0 unspecified atom stereocenters. The first kappa shape index (κ1) is 17.4. The molecule has 0 spiro atoms. The van der Waals surface area contributed by atoms with Crippen molar-refractivity contribution < 1.29 is 9.18 Å². The minimum absolute atomic E-state index is 0.157. The quantitative estimate of drug-likeness (QED) is 0.460. The van der Waals surface area contributed by atoms with Gasteiger partial charge in [-0.3, -0.25) is 10.1 Å². The van der Waals surface area contributed by atoms with Crippen molar-refractivity contribution in [3.8, 4) is 0 Å². The van der Waals surface area contributed by atoms with Gasteiger partial charge in [0.05, 0.1) is 5.75 Å². The number of rotatable bonds is 7. The summed E-state index contributed by atoms with van der Waals surface area (Å²) in [5.41, 5.74) is 0. The van der Waals surface area contributed by atoms with Crippen molar-refractivity contribution in [3.63, 3.8) is 0 Å². The van der Waals surface area contributed by atoms with E-state index in [0.717, 1.165) is 15.0 Å². The summed E-state index contributed by atoms with van der Waals surface area (Å²) in [5, 5.41) is 13.3. The van der Waals surface area contributed by atoms with Crippen LogP contribution in [0.15, 0.2) is 51.0 Å². The zero-order valence-electron chi connectivity index (χ0n) is 12.3. The Morgan fingerprint density at radius 2 is 2.00 bits per heavy atom. The van der Waals surface area contributed by atoms with Crippen molar-refractivity contribution in [2.24, 2.45) is 0 Å². The highest BCUT2D eigenvalue weighted by Gasteiger charge is 2.09. The molecular formula is C15H12FN3OS4. The highest BCUT2D eigenvalue weighted by molar-refractivity contribution is 8.00. The third kappa shape index (κ3) is 5.30. The Hall–Kier alpha value is -1.42. The number of hydrogen-bond donors (Lipinski definition) is 1. The lowest BCUT2D eigenvalue weighted by atomic mass is 10.4. The summed E-state index contributed by atoms with van der Waals surface area (Å²) in [6, 6.07) is 10.2. The number of nitrogens with one attached hydrogen (secondary N) is 1. The Bertz CT molecular complexity index is 789. The van der Waals surface area contributed by atoms with Gasteiger partial charge >= 0.3 is 0 Å². The van der Waals surface area contributed by atoms with Gasteiger partial charge in [-0.05, 0) is 35.7 Å². The molecular weight excluding hydrogens is 385 g/mol. The molecule has 0 radical (unpaired) electrons. The zero-order valence-corrected chi connectivity index (χ0v) is 15.5. The average Bonchev–Trinajstić information content (AvgIpc) is 3.24. The molecule has 0 fully saturated rings. The Balaban J connectivity index is 1.45. The minimum atomic E-state index is -0.287. The van der Waals surface area contributed by atoms with Gasteiger partial charge in [0.1, 0.15) is 5.82 Å². The normalized spacial score (nSPS) is 10.7. The Kier molecular flexibility index (Phi) is 6.24. The summed E-state index contributed by atoms with van der Waals surface area (Å²) >= 11 is 6.01. The second-order valence-electron chi connectivity index (χ2n) is 4.53. The summed E-state index contributed by atoms with van der Waals surface area (Å²) in [4.78, 5) is 14.1. The zero-order chi connectivity index (χ0) is 16.8. The lowest BCUT2D eigenvalue weighted by molar-refractivity contribution is -0.113. The number of halogens is 1. The van der Waals surface area contributed by atoms with Crippen LogP contribution in [-0.4, -0.2) is 21.9 Å². The number of hydrogen-bond acceptors (Lipinski definition) is 7. The molecule has 2 aromatic heterocycles. The van der Waals surface area contributed by atoms with E-state index in [-0.39, 0.29) is 17.5 Å². The van der Waals surface area contributed by atoms with E-state index in [2.05, 4.69) is 21.6 Å². The summed E-state index contributed by atoms with van der Waals surface area (Å²) in [5.74, 6) is 0.643. The van der Waals surface area contributed by atoms with Crippen LogP contribution in [0.5, 0.6) is 0 Å². The molecule has 3 aromatic rings. The van der Waals surface area contributed by atoms with Crippen LogP contribution in [0.25, 0.3) is 0 Å². The standard InChI is InChI=1S/C15H12FN3OS4/c16-10-3-5-11(6-4-10)22-9-13(20)17-14-18-19-15(24-14)23-8-12-2-1-7-21-12/h1-7H,8-9H2,(H,17,18,20). The van der Waals surface area contributed by atoms with E-state index in [0.29, 0.717) is 5.13 Å². The van der Waals surface area contributed by atoms with Gasteiger partial charge in [0, 0.05) is 15.5 Å². The monoisotopic (exact) mass is 397 g/mol. The molecule has 4 nitrogen and oxygen atoms in total. The lowest BCUT2D eigenvalue weighted by Crippen LogP contribution is -2.13. The third-order valence-electron chi connectivity index (χ3n) is 2.75. The van der Waals surface area contributed by atoms with E-state index in [1.807, 2.05) is 11.4 Å². The molecule has 1 aromatic carbocycles. The molecule has 24 heavy (non-hydrogen) atoms. The number of thioether (sulfide) groups is 2. The minimum Gasteiger partial charge on any atom is -0.300 e. The van der Waals surface area contributed by atoms with Crippen LogP contribution in [0.3, 0.4) is 0 Å². The molecule has 9 heteroatoms. The van der Waals surface area contributed by atoms with Gasteiger partial charge in [0.15, 0.2) is 4.34 Å². The molecule has 0 bridgehead atoms. The predicted octanol–water partition coefficient (Wildman–Crippen LogP) is 4.76. The molecule has 0 saturated carbocycles. The van der Waals surface area contributed by atoms with Crippen LogP contribution in [0.4, 0.5) is 9.52 Å². The van der Waals surface area contributed by atoms with Gasteiger partial charge in [0.25, 0.3) is 0 Å². The fraction of sp³-hybridized carbons (Fsp3) is 0.133. The largest absolute Gasteiger partial charge is 0.300 e. The second kappa shape index (κ2) is 8.61. The summed E-state index contributed by atoms with van der Waals surface area (Å²) in [6.45, 7) is 0. The second-order valence-corrected chi connectivity index (χ2v) is 8.81. The van der Waals surface area contributed by atoms with E-state index in [1.165, 1.54) is 40.1 Å². The number of aromatic nitrogens is 2. The van der Waals surface area contributed by atoms with Crippen molar-refractivity contribution in [2.75, 3.05) is 11.1 Å². The number of carbonyl (C=O) groups is 1. The van der Waals surface area contributed by atoms with Gasteiger partial charge in [-0.25, -0.2) is 4.39 Å². The van der Waals surface area contributed by atoms with Gasteiger partial charge in [0.2, 0.25) is 11.0 Å². The molecule has 1 amide bonds. The van der Waals surface area contributed by atoms with Crippen LogP contribution < -0.4 is 5.32 Å². The van der Waals surface area contributed by atoms with E-state index < -0.39 is 0 Å². The molecule has 2 heterocycles. The van der Waals surface area contributed by atoms with Crippen molar-refractivity contribution in [1.29, 1.82) is 0 Å². The van der Waals surface area contributed by atoms with Crippen molar-refractivity contribution in [1.82, 2.24) is 10.2 Å².